The molecule has 3 aromatic rings. The van der Waals surface area contributed by atoms with Crippen LogP contribution in [0.4, 0.5) is 4.39 Å². The molecule has 0 N–H and O–H groups in total. The monoisotopic (exact) mass is 530 g/mol. The molecule has 3 aliphatic rings. The summed E-state index contributed by atoms with van der Waals surface area (Å²) in [6.07, 6.45) is 1.22. The minimum atomic E-state index is -0.618. The number of likely N-dealkylation sites (tertiary alicyclic amines) is 1. The predicted octanol–water partition coefficient (Wildman–Crippen LogP) is 4.68. The van der Waals surface area contributed by atoms with Crippen molar-refractivity contribution < 1.29 is 28.2 Å². The first-order valence-electron chi connectivity index (χ1n) is 13.3. The van der Waals surface area contributed by atoms with Crippen LogP contribution in [0.5, 0.6) is 5.75 Å². The number of piperidine rings is 1. The summed E-state index contributed by atoms with van der Waals surface area (Å²) in [4.78, 5) is 32.0. The second kappa shape index (κ2) is 10.4. The number of halogens is 1. The maximum atomic E-state index is 14.4. The number of methoxy groups -OCH3 is 1. The molecule has 2 amide bonds. The molecule has 6 rings (SSSR count). The number of rotatable bonds is 5. The maximum absolute atomic E-state index is 14.4. The number of carbonyl (C=O) groups excluding carboxylic acids is 2. The van der Waals surface area contributed by atoms with Crippen LogP contribution in [0.1, 0.15) is 51.8 Å². The van der Waals surface area contributed by atoms with Crippen molar-refractivity contribution in [3.05, 3.63) is 101 Å². The third-order valence-corrected chi connectivity index (χ3v) is 8.08. The van der Waals surface area contributed by atoms with E-state index in [1.165, 1.54) is 12.1 Å². The van der Waals surface area contributed by atoms with Crippen LogP contribution in [0, 0.1) is 5.82 Å². The molecule has 0 bridgehead atoms. The standard InChI is InChI=1S/C31H31FN2O5/c1-37-24-12-8-22(9-13-24)28-27(30(36)33-16-14-31(15-17-33)38-18-19-39-31)25-4-2-3-5-26(25)29(35)34(28)20-21-6-10-23(32)11-7-21/h2-13,27-28H,14-20H2,1H3/t27-,28-/m0/s1. The molecule has 0 aromatic heterocycles. The van der Waals surface area contributed by atoms with E-state index in [4.69, 9.17) is 14.2 Å². The molecule has 2 atom stereocenters. The average Bonchev–Trinajstić information content (AvgIpc) is 3.43. The molecule has 202 valence electrons. The number of hydrogen-bond acceptors (Lipinski definition) is 5. The Morgan fingerprint density at radius 1 is 0.974 bits per heavy atom. The van der Waals surface area contributed by atoms with Crippen LogP contribution in [-0.4, -0.2) is 60.8 Å². The Hall–Kier alpha value is -3.75. The van der Waals surface area contributed by atoms with Crippen molar-refractivity contribution in [2.75, 3.05) is 33.4 Å². The first kappa shape index (κ1) is 25.5. The summed E-state index contributed by atoms with van der Waals surface area (Å²) >= 11 is 0. The number of amides is 2. The molecular weight excluding hydrogens is 499 g/mol. The number of carbonyl (C=O) groups is 2. The Labute approximate surface area is 227 Å². The molecule has 0 saturated carbocycles. The fraction of sp³-hybridized carbons (Fsp3) is 0.355. The van der Waals surface area contributed by atoms with E-state index < -0.39 is 17.7 Å². The molecule has 39 heavy (non-hydrogen) atoms. The molecule has 3 aromatic carbocycles. The van der Waals surface area contributed by atoms with Gasteiger partial charge in [0.25, 0.3) is 5.91 Å². The van der Waals surface area contributed by atoms with Gasteiger partial charge in [0, 0.05) is 38.0 Å². The van der Waals surface area contributed by atoms with Crippen LogP contribution < -0.4 is 4.74 Å². The van der Waals surface area contributed by atoms with E-state index in [1.54, 1.807) is 30.2 Å². The van der Waals surface area contributed by atoms with Crippen LogP contribution in [0.2, 0.25) is 0 Å². The first-order chi connectivity index (χ1) is 19.0. The quantitative estimate of drug-likeness (QED) is 0.479. The van der Waals surface area contributed by atoms with Gasteiger partial charge in [0.2, 0.25) is 5.91 Å². The lowest BCUT2D eigenvalue weighted by Crippen LogP contribution is -2.52. The van der Waals surface area contributed by atoms with Crippen molar-refractivity contribution >= 4 is 11.8 Å². The van der Waals surface area contributed by atoms with Crippen molar-refractivity contribution in [3.63, 3.8) is 0 Å². The van der Waals surface area contributed by atoms with Gasteiger partial charge in [0.1, 0.15) is 11.6 Å². The summed E-state index contributed by atoms with van der Waals surface area (Å²) in [5.41, 5.74) is 2.84. The number of fused-ring (bicyclic) bond motifs is 1. The Morgan fingerprint density at radius 3 is 2.31 bits per heavy atom. The van der Waals surface area contributed by atoms with Gasteiger partial charge in [0.15, 0.2) is 5.79 Å². The summed E-state index contributed by atoms with van der Waals surface area (Å²) in [6, 6.07) is 20.4. The Kier molecular flexibility index (Phi) is 6.83. The third kappa shape index (κ3) is 4.79. The Bertz CT molecular complexity index is 1340. The molecule has 3 aliphatic heterocycles. The minimum absolute atomic E-state index is 0.0345. The fourth-order valence-corrected chi connectivity index (χ4v) is 6.04. The topological polar surface area (TPSA) is 68.3 Å². The molecule has 1 spiro atoms. The zero-order valence-corrected chi connectivity index (χ0v) is 21.8. The molecule has 0 radical (unpaired) electrons. The van der Waals surface area contributed by atoms with Gasteiger partial charge < -0.3 is 24.0 Å². The van der Waals surface area contributed by atoms with Gasteiger partial charge in [-0.1, -0.05) is 42.5 Å². The van der Waals surface area contributed by atoms with E-state index in [-0.39, 0.29) is 24.2 Å². The highest BCUT2D eigenvalue weighted by atomic mass is 19.1. The highest BCUT2D eigenvalue weighted by Gasteiger charge is 2.47. The van der Waals surface area contributed by atoms with Crippen LogP contribution in [0.25, 0.3) is 0 Å². The summed E-state index contributed by atoms with van der Waals surface area (Å²) in [7, 11) is 1.60. The van der Waals surface area contributed by atoms with Gasteiger partial charge in [-0.2, -0.15) is 0 Å². The SMILES string of the molecule is COc1ccc([C@H]2[C@@H](C(=O)N3CCC4(CC3)OCCO4)c3ccccc3C(=O)N2Cc2ccc(F)cc2)cc1. The minimum Gasteiger partial charge on any atom is -0.497 e. The molecule has 2 fully saturated rings. The third-order valence-electron chi connectivity index (χ3n) is 8.08. The first-order valence-corrected chi connectivity index (χ1v) is 13.3. The lowest BCUT2D eigenvalue weighted by molar-refractivity contribution is -0.188. The van der Waals surface area contributed by atoms with Crippen molar-refractivity contribution in [2.24, 2.45) is 0 Å². The lowest BCUT2D eigenvalue weighted by atomic mass is 9.78. The van der Waals surface area contributed by atoms with Crippen LogP contribution in [0.3, 0.4) is 0 Å². The highest BCUT2D eigenvalue weighted by molar-refractivity contribution is 6.01. The predicted molar refractivity (Wildman–Crippen MR) is 142 cm³/mol. The molecule has 3 heterocycles. The van der Waals surface area contributed by atoms with Gasteiger partial charge >= 0.3 is 0 Å². The van der Waals surface area contributed by atoms with Gasteiger partial charge in [-0.3, -0.25) is 9.59 Å². The Morgan fingerprint density at radius 2 is 1.64 bits per heavy atom. The van der Waals surface area contributed by atoms with Gasteiger partial charge in [-0.15, -0.1) is 0 Å². The normalized spacial score (nSPS) is 22.2. The van der Waals surface area contributed by atoms with E-state index in [2.05, 4.69) is 0 Å². The van der Waals surface area contributed by atoms with Crippen LogP contribution in [-0.2, 0) is 20.8 Å². The number of ether oxygens (including phenoxy) is 3. The Balaban J connectivity index is 1.41. The molecule has 8 heteroatoms. The van der Waals surface area contributed by atoms with E-state index in [0.717, 1.165) is 16.7 Å². The summed E-state index contributed by atoms with van der Waals surface area (Å²) in [5, 5.41) is 0. The second-order valence-corrected chi connectivity index (χ2v) is 10.3. The van der Waals surface area contributed by atoms with E-state index in [1.807, 2.05) is 47.4 Å². The fourth-order valence-electron chi connectivity index (χ4n) is 6.04. The van der Waals surface area contributed by atoms with E-state index in [0.29, 0.717) is 50.5 Å². The second-order valence-electron chi connectivity index (χ2n) is 10.3. The highest BCUT2D eigenvalue weighted by Crippen LogP contribution is 2.45. The van der Waals surface area contributed by atoms with Gasteiger partial charge in [-0.05, 0) is 47.0 Å². The number of nitrogens with zero attached hydrogens (tertiary/aromatic N) is 2. The van der Waals surface area contributed by atoms with Crippen LogP contribution in [0.15, 0.2) is 72.8 Å². The average molecular weight is 531 g/mol. The van der Waals surface area contributed by atoms with E-state index in [9.17, 15) is 14.0 Å². The lowest BCUT2D eigenvalue weighted by Gasteiger charge is -2.45. The van der Waals surface area contributed by atoms with Crippen molar-refractivity contribution in [3.8, 4) is 5.75 Å². The largest absolute Gasteiger partial charge is 0.497 e. The molecule has 0 unspecified atom stereocenters. The summed E-state index contributed by atoms with van der Waals surface area (Å²) in [6.45, 7) is 2.41. The smallest absolute Gasteiger partial charge is 0.255 e. The molecule has 2 saturated heterocycles. The zero-order valence-electron chi connectivity index (χ0n) is 21.8. The molecular formula is C31H31FN2O5. The number of benzene rings is 3. The summed E-state index contributed by atoms with van der Waals surface area (Å²) in [5.74, 6) is -1.06. The van der Waals surface area contributed by atoms with Gasteiger partial charge in [0.05, 0.1) is 32.3 Å². The number of hydrogen-bond donors (Lipinski definition) is 0. The summed E-state index contributed by atoms with van der Waals surface area (Å²) < 4.78 is 30.8. The zero-order chi connectivity index (χ0) is 27.0. The van der Waals surface area contributed by atoms with Crippen molar-refractivity contribution in [1.82, 2.24) is 9.80 Å². The van der Waals surface area contributed by atoms with E-state index >= 15 is 0 Å². The van der Waals surface area contributed by atoms with Crippen molar-refractivity contribution in [2.45, 2.75) is 37.1 Å². The maximum Gasteiger partial charge on any atom is 0.255 e. The van der Waals surface area contributed by atoms with Gasteiger partial charge in [-0.25, -0.2) is 4.39 Å². The van der Waals surface area contributed by atoms with Crippen molar-refractivity contribution in [1.29, 1.82) is 0 Å². The molecule has 7 nitrogen and oxygen atoms in total. The van der Waals surface area contributed by atoms with Crippen LogP contribution >= 0.6 is 0 Å². The molecule has 0 aliphatic carbocycles.